The predicted octanol–water partition coefficient (Wildman–Crippen LogP) is 4.61. The van der Waals surface area contributed by atoms with Gasteiger partial charge in [0.25, 0.3) is 0 Å². The molecule has 3 heteroatoms. The highest BCUT2D eigenvalue weighted by atomic mass is 79.9. The number of benzene rings is 2. The number of halogens is 1. The summed E-state index contributed by atoms with van der Waals surface area (Å²) in [5.74, 6) is 1.05. The van der Waals surface area contributed by atoms with Gasteiger partial charge in [0.2, 0.25) is 0 Å². The fourth-order valence-electron chi connectivity index (χ4n) is 2.60. The topological polar surface area (TPSA) is 21.3 Å². The highest BCUT2D eigenvalue weighted by Crippen LogP contribution is 2.27. The number of hydrogen-bond acceptors (Lipinski definition) is 2. The van der Waals surface area contributed by atoms with Gasteiger partial charge in [-0.2, -0.15) is 0 Å². The van der Waals surface area contributed by atoms with Crippen LogP contribution < -0.4 is 10.1 Å². The molecule has 0 saturated carbocycles. The van der Waals surface area contributed by atoms with Crippen LogP contribution in [0.3, 0.4) is 0 Å². The summed E-state index contributed by atoms with van der Waals surface area (Å²) in [4.78, 5) is 0. The molecule has 0 atom stereocenters. The van der Waals surface area contributed by atoms with E-state index in [4.69, 9.17) is 4.74 Å². The molecule has 2 aromatic rings. The quantitative estimate of drug-likeness (QED) is 0.886. The Balaban J connectivity index is 1.73. The van der Waals surface area contributed by atoms with E-state index in [0.29, 0.717) is 0 Å². The zero-order valence-corrected chi connectivity index (χ0v) is 13.4. The smallest absolute Gasteiger partial charge is 0.122 e. The average molecular weight is 332 g/mol. The molecule has 1 aliphatic heterocycles. The molecule has 0 amide bonds. The number of rotatable bonds is 3. The molecule has 0 aliphatic carbocycles. The number of hydrogen-bond donors (Lipinski definition) is 1. The van der Waals surface area contributed by atoms with Crippen molar-refractivity contribution in [3.8, 4) is 5.75 Å². The van der Waals surface area contributed by atoms with E-state index < -0.39 is 0 Å². The second-order valence-electron chi connectivity index (χ2n) is 5.32. The van der Waals surface area contributed by atoms with Crippen LogP contribution in [-0.4, -0.2) is 6.61 Å². The summed E-state index contributed by atoms with van der Waals surface area (Å²) in [5.41, 5.74) is 6.31. The van der Waals surface area contributed by atoms with Crippen LogP contribution in [-0.2, 0) is 13.0 Å². The maximum Gasteiger partial charge on any atom is 0.122 e. The number of ether oxygens (including phenoxy) is 1. The van der Waals surface area contributed by atoms with Crippen molar-refractivity contribution in [3.05, 3.63) is 57.1 Å². The molecule has 1 N–H and O–H groups in total. The standard InChI is InChI=1S/C17H18BrNO/c1-11-7-15(8-12(2)17(11)18)19-10-13-3-4-16-14(9-13)5-6-20-16/h3-4,7-9,19H,5-6,10H2,1-2H3. The van der Waals surface area contributed by atoms with Crippen LogP contribution in [0.4, 0.5) is 5.69 Å². The predicted molar refractivity (Wildman–Crippen MR) is 86.6 cm³/mol. The maximum atomic E-state index is 5.54. The summed E-state index contributed by atoms with van der Waals surface area (Å²) in [5, 5.41) is 3.50. The van der Waals surface area contributed by atoms with Crippen molar-refractivity contribution in [2.24, 2.45) is 0 Å². The van der Waals surface area contributed by atoms with Gasteiger partial charge in [0, 0.05) is 23.1 Å². The molecule has 1 heterocycles. The Morgan fingerprint density at radius 3 is 2.65 bits per heavy atom. The van der Waals surface area contributed by atoms with Crippen LogP contribution in [0.2, 0.25) is 0 Å². The van der Waals surface area contributed by atoms with Crippen molar-refractivity contribution in [3.63, 3.8) is 0 Å². The lowest BCUT2D eigenvalue weighted by Gasteiger charge is -2.11. The second kappa shape index (κ2) is 5.49. The molecule has 2 aromatic carbocycles. The van der Waals surface area contributed by atoms with E-state index in [0.717, 1.165) is 25.3 Å². The zero-order chi connectivity index (χ0) is 14.1. The Hall–Kier alpha value is -1.48. The third-order valence-electron chi connectivity index (χ3n) is 3.69. The minimum atomic E-state index is 0.817. The van der Waals surface area contributed by atoms with Gasteiger partial charge in [0.05, 0.1) is 6.61 Å². The summed E-state index contributed by atoms with van der Waals surface area (Å²) in [6.07, 6.45) is 1.03. The molecule has 0 fully saturated rings. The first-order valence-corrected chi connectivity index (χ1v) is 7.68. The summed E-state index contributed by atoms with van der Waals surface area (Å²) < 4.78 is 6.73. The van der Waals surface area contributed by atoms with Gasteiger partial charge in [0.15, 0.2) is 0 Å². The first-order valence-electron chi connectivity index (χ1n) is 6.89. The summed E-state index contributed by atoms with van der Waals surface area (Å²) in [6, 6.07) is 10.8. The minimum absolute atomic E-state index is 0.817. The number of nitrogens with one attached hydrogen (secondary N) is 1. The molecular formula is C17H18BrNO. The lowest BCUT2D eigenvalue weighted by Crippen LogP contribution is -2.00. The number of aryl methyl sites for hydroxylation is 2. The fraction of sp³-hybridized carbons (Fsp3) is 0.294. The van der Waals surface area contributed by atoms with Crippen LogP contribution in [0, 0.1) is 13.8 Å². The van der Waals surface area contributed by atoms with E-state index >= 15 is 0 Å². The van der Waals surface area contributed by atoms with E-state index in [1.807, 2.05) is 0 Å². The van der Waals surface area contributed by atoms with Gasteiger partial charge in [-0.05, 0) is 54.3 Å². The Morgan fingerprint density at radius 1 is 1.15 bits per heavy atom. The highest BCUT2D eigenvalue weighted by Gasteiger charge is 2.11. The van der Waals surface area contributed by atoms with E-state index in [1.54, 1.807) is 0 Å². The lowest BCUT2D eigenvalue weighted by molar-refractivity contribution is 0.357. The molecule has 20 heavy (non-hydrogen) atoms. The van der Waals surface area contributed by atoms with Crippen LogP contribution in [0.1, 0.15) is 22.3 Å². The molecule has 0 spiro atoms. The first-order chi connectivity index (χ1) is 9.63. The van der Waals surface area contributed by atoms with Crippen LogP contribution >= 0.6 is 15.9 Å². The monoisotopic (exact) mass is 331 g/mol. The first kappa shape index (κ1) is 13.5. The summed E-state index contributed by atoms with van der Waals surface area (Å²) in [7, 11) is 0. The number of fused-ring (bicyclic) bond motifs is 1. The van der Waals surface area contributed by atoms with Gasteiger partial charge in [-0.3, -0.25) is 0 Å². The van der Waals surface area contributed by atoms with Gasteiger partial charge in [-0.15, -0.1) is 0 Å². The van der Waals surface area contributed by atoms with Gasteiger partial charge in [0.1, 0.15) is 5.75 Å². The van der Waals surface area contributed by atoms with Crippen molar-refractivity contribution in [1.82, 2.24) is 0 Å². The zero-order valence-electron chi connectivity index (χ0n) is 11.8. The molecule has 0 radical (unpaired) electrons. The van der Waals surface area contributed by atoms with Crippen LogP contribution in [0.15, 0.2) is 34.8 Å². The molecule has 0 saturated heterocycles. The van der Waals surface area contributed by atoms with E-state index in [9.17, 15) is 0 Å². The van der Waals surface area contributed by atoms with Gasteiger partial charge in [-0.1, -0.05) is 28.1 Å². The molecular weight excluding hydrogens is 314 g/mol. The van der Waals surface area contributed by atoms with E-state index in [1.165, 1.54) is 32.4 Å². The Morgan fingerprint density at radius 2 is 1.90 bits per heavy atom. The van der Waals surface area contributed by atoms with Crippen molar-refractivity contribution < 1.29 is 4.74 Å². The van der Waals surface area contributed by atoms with Crippen molar-refractivity contribution >= 4 is 21.6 Å². The van der Waals surface area contributed by atoms with Crippen molar-refractivity contribution in [1.29, 1.82) is 0 Å². The molecule has 0 bridgehead atoms. The summed E-state index contributed by atoms with van der Waals surface area (Å²) in [6.45, 7) is 5.90. The van der Waals surface area contributed by atoms with Crippen molar-refractivity contribution in [2.75, 3.05) is 11.9 Å². The lowest BCUT2D eigenvalue weighted by atomic mass is 10.1. The van der Waals surface area contributed by atoms with Crippen molar-refractivity contribution in [2.45, 2.75) is 26.8 Å². The minimum Gasteiger partial charge on any atom is -0.493 e. The van der Waals surface area contributed by atoms with Gasteiger partial charge in [-0.25, -0.2) is 0 Å². The molecule has 0 unspecified atom stereocenters. The van der Waals surface area contributed by atoms with E-state index in [2.05, 4.69) is 65.4 Å². The number of anilines is 1. The van der Waals surface area contributed by atoms with E-state index in [-0.39, 0.29) is 0 Å². The SMILES string of the molecule is Cc1cc(NCc2ccc3c(c2)CCO3)cc(C)c1Br. The average Bonchev–Trinajstić information content (AvgIpc) is 2.89. The third kappa shape index (κ3) is 2.68. The summed E-state index contributed by atoms with van der Waals surface area (Å²) >= 11 is 3.60. The molecule has 104 valence electrons. The Kier molecular flexibility index (Phi) is 3.70. The Labute approximate surface area is 128 Å². The molecule has 1 aliphatic rings. The Bertz CT molecular complexity index is 628. The molecule has 2 nitrogen and oxygen atoms in total. The fourth-order valence-corrected chi connectivity index (χ4v) is 2.83. The highest BCUT2D eigenvalue weighted by molar-refractivity contribution is 9.10. The molecule has 3 rings (SSSR count). The largest absolute Gasteiger partial charge is 0.493 e. The maximum absolute atomic E-state index is 5.54. The third-order valence-corrected chi connectivity index (χ3v) is 4.94. The van der Waals surface area contributed by atoms with Crippen LogP contribution in [0.25, 0.3) is 0 Å². The van der Waals surface area contributed by atoms with Crippen LogP contribution in [0.5, 0.6) is 5.75 Å². The van der Waals surface area contributed by atoms with Gasteiger partial charge >= 0.3 is 0 Å². The normalized spacial score (nSPS) is 12.9. The molecule has 0 aromatic heterocycles. The van der Waals surface area contributed by atoms with Gasteiger partial charge < -0.3 is 10.1 Å². The second-order valence-corrected chi connectivity index (χ2v) is 6.11.